The minimum Gasteiger partial charge on any atom is -0.375 e. The maximum Gasteiger partial charge on any atom is 0.296 e. The van der Waals surface area contributed by atoms with Crippen LogP contribution >= 0.6 is 0 Å². The molecule has 1 heterocycles. The lowest BCUT2D eigenvalue weighted by atomic mass is 10.1. The van der Waals surface area contributed by atoms with E-state index in [4.69, 9.17) is 4.74 Å². The van der Waals surface area contributed by atoms with E-state index >= 15 is 0 Å². The third kappa shape index (κ3) is 4.62. The van der Waals surface area contributed by atoms with Gasteiger partial charge in [-0.2, -0.15) is 8.78 Å². The van der Waals surface area contributed by atoms with Gasteiger partial charge in [0.15, 0.2) is 0 Å². The van der Waals surface area contributed by atoms with Gasteiger partial charge in [-0.25, -0.2) is 0 Å². The van der Waals surface area contributed by atoms with Crippen LogP contribution in [0.5, 0.6) is 0 Å². The van der Waals surface area contributed by atoms with Crippen molar-refractivity contribution < 1.29 is 23.1 Å². The van der Waals surface area contributed by atoms with Crippen LogP contribution in [-0.2, 0) is 10.7 Å². The third-order valence-corrected chi connectivity index (χ3v) is 4.78. The van der Waals surface area contributed by atoms with Crippen molar-refractivity contribution in [1.29, 1.82) is 0 Å². The van der Waals surface area contributed by atoms with Gasteiger partial charge in [0.25, 0.3) is 17.7 Å². The molecule has 0 bridgehead atoms. The highest BCUT2D eigenvalue weighted by molar-refractivity contribution is 6.21. The first-order chi connectivity index (χ1) is 13.5. The molecule has 2 amide bonds. The van der Waals surface area contributed by atoms with Crippen molar-refractivity contribution in [3.8, 4) is 0 Å². The van der Waals surface area contributed by atoms with Crippen molar-refractivity contribution >= 4 is 11.8 Å². The molecule has 0 aromatic heterocycles. The topological polar surface area (TPSA) is 46.6 Å². The van der Waals surface area contributed by atoms with E-state index < -0.39 is 12.5 Å². The number of unbranched alkanes of at least 4 members (excludes halogenated alkanes) is 3. The van der Waals surface area contributed by atoms with Crippen LogP contribution in [0, 0.1) is 0 Å². The lowest BCUT2D eigenvalue weighted by Gasteiger charge is -2.17. The van der Waals surface area contributed by atoms with Gasteiger partial charge in [-0.1, -0.05) is 55.3 Å². The number of hydrogen-bond donors (Lipinski definition) is 0. The number of fused-ring (bicyclic) bond motifs is 1. The highest BCUT2D eigenvalue weighted by atomic mass is 19.3. The van der Waals surface area contributed by atoms with Crippen LogP contribution in [0.1, 0.15) is 52.0 Å². The number of nitrogens with zero attached hydrogens (tertiary/aromatic N) is 1. The van der Waals surface area contributed by atoms with E-state index in [9.17, 15) is 18.4 Å². The maximum absolute atomic E-state index is 14.0. The molecule has 2 aromatic carbocycles. The Hall–Kier alpha value is -2.60. The summed E-state index contributed by atoms with van der Waals surface area (Å²) in [7, 11) is 0. The zero-order valence-corrected chi connectivity index (χ0v) is 15.6. The molecule has 0 radical (unpaired) electrons. The molecule has 0 atom stereocenters. The molecule has 3 rings (SSSR count). The van der Waals surface area contributed by atoms with Crippen LogP contribution in [0.2, 0.25) is 0 Å². The largest absolute Gasteiger partial charge is 0.375 e. The Kier molecular flexibility index (Phi) is 6.52. The normalized spacial score (nSPS) is 13.9. The Morgan fingerprint density at radius 3 is 2.00 bits per heavy atom. The molecule has 0 N–H and O–H groups in total. The third-order valence-electron chi connectivity index (χ3n) is 4.78. The lowest BCUT2D eigenvalue weighted by molar-refractivity contribution is -0.0831. The molecule has 1 aliphatic heterocycles. The standard InChI is InChI=1S/C22H23F2NO3/c23-22(24,17-10-4-3-5-11-17)16-28-15-9-2-1-8-14-25-20(26)18-12-6-7-13-19(18)21(25)27/h3-7,10-13H,1-2,8-9,14-16H2. The number of halogens is 2. The van der Waals surface area contributed by atoms with Crippen molar-refractivity contribution in [2.45, 2.75) is 31.6 Å². The van der Waals surface area contributed by atoms with Crippen LogP contribution in [0.4, 0.5) is 8.78 Å². The number of imide groups is 1. The van der Waals surface area contributed by atoms with E-state index in [2.05, 4.69) is 0 Å². The van der Waals surface area contributed by atoms with Crippen molar-refractivity contribution in [3.63, 3.8) is 0 Å². The van der Waals surface area contributed by atoms with E-state index in [0.29, 0.717) is 30.5 Å². The first-order valence-corrected chi connectivity index (χ1v) is 9.47. The second-order valence-corrected chi connectivity index (χ2v) is 6.84. The summed E-state index contributed by atoms with van der Waals surface area (Å²) in [6, 6.07) is 14.5. The molecule has 6 heteroatoms. The zero-order valence-electron chi connectivity index (χ0n) is 15.6. The minimum absolute atomic E-state index is 0.0454. The second kappa shape index (κ2) is 9.06. The Balaban J connectivity index is 1.30. The number of hydrogen-bond acceptors (Lipinski definition) is 3. The molecular formula is C22H23F2NO3. The Labute approximate surface area is 163 Å². The zero-order chi connectivity index (χ0) is 20.0. The van der Waals surface area contributed by atoms with Crippen molar-refractivity contribution in [3.05, 3.63) is 71.3 Å². The summed E-state index contributed by atoms with van der Waals surface area (Å²) in [5, 5.41) is 0. The van der Waals surface area contributed by atoms with Gasteiger partial charge in [-0.15, -0.1) is 0 Å². The molecule has 1 aliphatic rings. The van der Waals surface area contributed by atoms with E-state index in [0.717, 1.165) is 12.8 Å². The number of ether oxygens (including phenoxy) is 1. The number of carbonyl (C=O) groups excluding carboxylic acids is 2. The summed E-state index contributed by atoms with van der Waals surface area (Å²) >= 11 is 0. The van der Waals surface area contributed by atoms with E-state index in [-0.39, 0.29) is 24.0 Å². The average molecular weight is 387 g/mol. The fourth-order valence-corrected chi connectivity index (χ4v) is 3.24. The van der Waals surface area contributed by atoms with Crippen LogP contribution in [0.3, 0.4) is 0 Å². The van der Waals surface area contributed by atoms with Gasteiger partial charge in [0, 0.05) is 18.7 Å². The molecule has 4 nitrogen and oxygen atoms in total. The fourth-order valence-electron chi connectivity index (χ4n) is 3.24. The lowest BCUT2D eigenvalue weighted by Crippen LogP contribution is -2.30. The molecule has 0 unspecified atom stereocenters. The summed E-state index contributed by atoms with van der Waals surface area (Å²) in [6.45, 7) is 0.000770. The second-order valence-electron chi connectivity index (χ2n) is 6.84. The molecule has 0 spiro atoms. The molecule has 0 saturated heterocycles. The van der Waals surface area contributed by atoms with Gasteiger partial charge >= 0.3 is 0 Å². The smallest absolute Gasteiger partial charge is 0.296 e. The summed E-state index contributed by atoms with van der Waals surface area (Å²) in [5.74, 6) is -3.48. The molecule has 148 valence electrons. The monoisotopic (exact) mass is 387 g/mol. The summed E-state index contributed by atoms with van der Waals surface area (Å²) in [4.78, 5) is 25.8. The Bertz CT molecular complexity index is 789. The van der Waals surface area contributed by atoms with Crippen LogP contribution in [0.25, 0.3) is 0 Å². The van der Waals surface area contributed by atoms with Gasteiger partial charge in [0.1, 0.15) is 6.61 Å². The molecule has 0 fully saturated rings. The van der Waals surface area contributed by atoms with Gasteiger partial charge < -0.3 is 4.74 Å². The predicted molar refractivity (Wildman–Crippen MR) is 101 cm³/mol. The van der Waals surface area contributed by atoms with Crippen molar-refractivity contribution in [1.82, 2.24) is 4.90 Å². The van der Waals surface area contributed by atoms with Crippen molar-refractivity contribution in [2.24, 2.45) is 0 Å². The molecule has 0 aliphatic carbocycles. The molecule has 0 saturated carbocycles. The highest BCUT2D eigenvalue weighted by Crippen LogP contribution is 2.28. The molecule has 2 aromatic rings. The summed E-state index contributed by atoms with van der Waals surface area (Å²) < 4.78 is 33.0. The summed E-state index contributed by atoms with van der Waals surface area (Å²) in [5.41, 5.74) is 0.872. The van der Waals surface area contributed by atoms with Gasteiger partial charge in [0.2, 0.25) is 0 Å². The van der Waals surface area contributed by atoms with Crippen molar-refractivity contribution in [2.75, 3.05) is 19.8 Å². The number of amides is 2. The SMILES string of the molecule is O=C1c2ccccc2C(=O)N1CCCCCCOCC(F)(F)c1ccccc1. The van der Waals surface area contributed by atoms with E-state index in [1.807, 2.05) is 0 Å². The average Bonchev–Trinajstić information content (AvgIpc) is 2.95. The summed E-state index contributed by atoms with van der Waals surface area (Å²) in [6.07, 6.45) is 2.94. The number of rotatable bonds is 10. The first-order valence-electron chi connectivity index (χ1n) is 9.47. The molecular weight excluding hydrogens is 364 g/mol. The minimum atomic E-state index is -2.99. The Morgan fingerprint density at radius 1 is 0.786 bits per heavy atom. The van der Waals surface area contributed by atoms with Gasteiger partial charge in [-0.05, 0) is 25.0 Å². The number of alkyl halides is 2. The number of carbonyl (C=O) groups is 2. The predicted octanol–water partition coefficient (Wildman–Crippen LogP) is 4.65. The van der Waals surface area contributed by atoms with Crippen LogP contribution in [-0.4, -0.2) is 36.5 Å². The first kappa shape index (κ1) is 20.1. The fraction of sp³-hybridized carbons (Fsp3) is 0.364. The van der Waals surface area contributed by atoms with Crippen LogP contribution in [0.15, 0.2) is 54.6 Å². The quantitative estimate of drug-likeness (QED) is 0.440. The molecule has 28 heavy (non-hydrogen) atoms. The van der Waals surface area contributed by atoms with Gasteiger partial charge in [-0.3, -0.25) is 14.5 Å². The highest BCUT2D eigenvalue weighted by Gasteiger charge is 2.34. The number of benzene rings is 2. The Morgan fingerprint density at radius 2 is 1.36 bits per heavy atom. The van der Waals surface area contributed by atoms with E-state index in [1.165, 1.54) is 17.0 Å². The maximum atomic E-state index is 14.0. The van der Waals surface area contributed by atoms with Crippen LogP contribution < -0.4 is 0 Å². The van der Waals surface area contributed by atoms with Gasteiger partial charge in [0.05, 0.1) is 11.1 Å². The van der Waals surface area contributed by atoms with E-state index in [1.54, 1.807) is 42.5 Å².